The molecule has 1 aliphatic heterocycles. The minimum absolute atomic E-state index is 0.209. The number of piperidine rings is 1. The standard InChI is InChI=1S/C21H22BrFN4O3S/c1-31-16-4-2-3-14(11-16)25-21(29)27-9-7-13(8-10-27)19(28)20(26-30)24-15-5-6-18(23)17(22)12-15/h2-6,11-13,30H,7-10H2,1H3,(H,24,26)(H,25,29). The number of thioether (sulfide) groups is 1. The Kier molecular flexibility index (Phi) is 8.05. The lowest BCUT2D eigenvalue weighted by Crippen LogP contribution is -2.44. The third-order valence-electron chi connectivity index (χ3n) is 4.96. The molecule has 7 nitrogen and oxygen atoms in total. The van der Waals surface area contributed by atoms with E-state index in [1.807, 2.05) is 36.0 Å². The van der Waals surface area contributed by atoms with Gasteiger partial charge in [0.05, 0.1) is 10.2 Å². The number of ketones is 1. The number of amidine groups is 1. The van der Waals surface area contributed by atoms with Gasteiger partial charge in [-0.2, -0.15) is 0 Å². The van der Waals surface area contributed by atoms with Crippen LogP contribution in [-0.2, 0) is 4.79 Å². The van der Waals surface area contributed by atoms with Crippen molar-refractivity contribution in [3.05, 3.63) is 52.8 Å². The Hall–Kier alpha value is -2.43. The minimum Gasteiger partial charge on any atom is -0.324 e. The number of nitrogens with one attached hydrogen (secondary N) is 2. The number of carbonyl (C=O) groups is 2. The summed E-state index contributed by atoms with van der Waals surface area (Å²) in [5.41, 5.74) is 2.90. The van der Waals surface area contributed by atoms with E-state index in [1.54, 1.807) is 16.7 Å². The normalized spacial score (nSPS) is 15.0. The van der Waals surface area contributed by atoms with Gasteiger partial charge in [0.15, 0.2) is 5.84 Å². The number of urea groups is 1. The Labute approximate surface area is 192 Å². The number of hydrogen-bond donors (Lipinski definition) is 3. The van der Waals surface area contributed by atoms with Crippen LogP contribution < -0.4 is 10.8 Å². The first-order chi connectivity index (χ1) is 14.9. The predicted octanol–water partition coefficient (Wildman–Crippen LogP) is 4.83. The van der Waals surface area contributed by atoms with Crippen LogP contribution in [0.15, 0.2) is 56.8 Å². The number of benzene rings is 2. The van der Waals surface area contributed by atoms with Gasteiger partial charge in [0, 0.05) is 29.6 Å². The maximum absolute atomic E-state index is 13.4. The Morgan fingerprint density at radius 2 is 1.97 bits per heavy atom. The molecule has 1 heterocycles. The number of rotatable bonds is 5. The fraction of sp³-hybridized carbons (Fsp3) is 0.286. The molecule has 1 fully saturated rings. The molecule has 3 rings (SSSR count). The summed E-state index contributed by atoms with van der Waals surface area (Å²) in [4.78, 5) is 32.1. The number of likely N-dealkylation sites (tertiary alicyclic amines) is 1. The number of carbonyl (C=O) groups excluding carboxylic acids is 2. The van der Waals surface area contributed by atoms with Gasteiger partial charge in [0.2, 0.25) is 5.78 Å². The fourth-order valence-electron chi connectivity index (χ4n) is 3.26. The van der Waals surface area contributed by atoms with Gasteiger partial charge in [-0.3, -0.25) is 10.0 Å². The van der Waals surface area contributed by atoms with Crippen molar-refractivity contribution in [2.24, 2.45) is 10.9 Å². The third kappa shape index (κ3) is 6.05. The molecule has 0 radical (unpaired) electrons. The quantitative estimate of drug-likeness (QED) is 0.232. The lowest BCUT2D eigenvalue weighted by Gasteiger charge is -2.31. The van der Waals surface area contributed by atoms with E-state index in [1.165, 1.54) is 18.2 Å². The van der Waals surface area contributed by atoms with E-state index in [2.05, 4.69) is 26.2 Å². The molecule has 0 aromatic heterocycles. The molecule has 31 heavy (non-hydrogen) atoms. The van der Waals surface area contributed by atoms with Crippen LogP contribution in [0.5, 0.6) is 0 Å². The van der Waals surface area contributed by atoms with Gasteiger partial charge in [-0.1, -0.05) is 6.07 Å². The molecule has 0 saturated carbocycles. The summed E-state index contributed by atoms with van der Waals surface area (Å²) >= 11 is 4.66. The van der Waals surface area contributed by atoms with E-state index < -0.39 is 5.82 Å². The van der Waals surface area contributed by atoms with Crippen molar-refractivity contribution in [1.29, 1.82) is 0 Å². The number of anilines is 1. The van der Waals surface area contributed by atoms with E-state index in [4.69, 9.17) is 0 Å². The van der Waals surface area contributed by atoms with Gasteiger partial charge >= 0.3 is 6.03 Å². The minimum atomic E-state index is -0.449. The molecule has 2 amide bonds. The Balaban J connectivity index is 1.59. The molecule has 10 heteroatoms. The van der Waals surface area contributed by atoms with E-state index in [-0.39, 0.29) is 28.0 Å². The predicted molar refractivity (Wildman–Crippen MR) is 123 cm³/mol. The molecule has 164 valence electrons. The lowest BCUT2D eigenvalue weighted by molar-refractivity contribution is -0.118. The number of Topliss-reactive ketones (excluding diaryl/α,β-unsaturated/α-hetero) is 1. The van der Waals surface area contributed by atoms with Crippen molar-refractivity contribution in [2.75, 3.05) is 24.7 Å². The van der Waals surface area contributed by atoms with Crippen LogP contribution in [0.2, 0.25) is 0 Å². The molecule has 2 aromatic rings. The second-order valence-electron chi connectivity index (χ2n) is 6.96. The van der Waals surface area contributed by atoms with Crippen molar-refractivity contribution in [3.63, 3.8) is 0 Å². The Morgan fingerprint density at radius 3 is 2.61 bits per heavy atom. The molecule has 0 atom stereocenters. The van der Waals surface area contributed by atoms with Gasteiger partial charge in [0.1, 0.15) is 5.82 Å². The molecule has 1 saturated heterocycles. The third-order valence-corrected chi connectivity index (χ3v) is 6.29. The van der Waals surface area contributed by atoms with Crippen LogP contribution >= 0.6 is 27.7 Å². The zero-order valence-corrected chi connectivity index (χ0v) is 19.2. The summed E-state index contributed by atoms with van der Waals surface area (Å²) in [6, 6.07) is 11.4. The van der Waals surface area contributed by atoms with E-state index in [0.717, 1.165) is 10.6 Å². The van der Waals surface area contributed by atoms with E-state index in [0.29, 0.717) is 31.6 Å². The first-order valence-corrected chi connectivity index (χ1v) is 11.6. The summed E-state index contributed by atoms with van der Waals surface area (Å²) in [5.74, 6) is -1.40. The van der Waals surface area contributed by atoms with Crippen LogP contribution in [0.3, 0.4) is 0 Å². The van der Waals surface area contributed by atoms with Crippen LogP contribution in [0.4, 0.5) is 20.6 Å². The highest BCUT2D eigenvalue weighted by atomic mass is 79.9. The molecule has 0 spiro atoms. The summed E-state index contributed by atoms with van der Waals surface area (Å²) in [5, 5.41) is 12.3. The van der Waals surface area contributed by atoms with Gasteiger partial charge in [-0.05, 0) is 71.4 Å². The van der Waals surface area contributed by atoms with Crippen LogP contribution in [-0.4, -0.2) is 47.1 Å². The highest BCUT2D eigenvalue weighted by molar-refractivity contribution is 9.10. The fourth-order valence-corrected chi connectivity index (χ4v) is 4.09. The van der Waals surface area contributed by atoms with E-state index >= 15 is 0 Å². The maximum atomic E-state index is 13.4. The van der Waals surface area contributed by atoms with Crippen molar-refractivity contribution < 1.29 is 19.2 Å². The smallest absolute Gasteiger partial charge is 0.321 e. The van der Waals surface area contributed by atoms with Crippen molar-refractivity contribution >= 4 is 56.7 Å². The molecule has 0 bridgehead atoms. The zero-order chi connectivity index (χ0) is 22.4. The number of nitrogens with zero attached hydrogens (tertiary/aromatic N) is 2. The highest BCUT2D eigenvalue weighted by Gasteiger charge is 2.30. The molecule has 0 unspecified atom stereocenters. The highest BCUT2D eigenvalue weighted by Crippen LogP contribution is 2.24. The van der Waals surface area contributed by atoms with Crippen molar-refractivity contribution in [1.82, 2.24) is 10.4 Å². The Bertz CT molecular complexity index is 996. The second-order valence-corrected chi connectivity index (χ2v) is 8.69. The first-order valence-electron chi connectivity index (χ1n) is 9.59. The maximum Gasteiger partial charge on any atom is 0.321 e. The van der Waals surface area contributed by atoms with Crippen molar-refractivity contribution in [3.8, 4) is 0 Å². The molecule has 0 aliphatic carbocycles. The first kappa shape index (κ1) is 23.2. The summed E-state index contributed by atoms with van der Waals surface area (Å²) in [6.07, 6.45) is 2.87. The summed E-state index contributed by atoms with van der Waals surface area (Å²) in [7, 11) is 0. The largest absolute Gasteiger partial charge is 0.324 e. The Morgan fingerprint density at radius 1 is 1.23 bits per heavy atom. The average Bonchev–Trinajstić information content (AvgIpc) is 2.79. The topological polar surface area (TPSA) is 94.0 Å². The summed E-state index contributed by atoms with van der Waals surface area (Å²) in [6.45, 7) is 0.816. The van der Waals surface area contributed by atoms with Crippen LogP contribution in [0.1, 0.15) is 12.8 Å². The molecular formula is C21H22BrFN4O3S. The monoisotopic (exact) mass is 508 g/mol. The zero-order valence-electron chi connectivity index (χ0n) is 16.8. The number of hydroxylamine groups is 1. The van der Waals surface area contributed by atoms with Gasteiger partial charge < -0.3 is 10.2 Å². The summed E-state index contributed by atoms with van der Waals surface area (Å²) < 4.78 is 13.6. The second kappa shape index (κ2) is 10.7. The van der Waals surface area contributed by atoms with E-state index in [9.17, 15) is 19.2 Å². The van der Waals surface area contributed by atoms with Crippen LogP contribution in [0.25, 0.3) is 0 Å². The number of aliphatic imine (C=N–C) groups is 1. The molecule has 2 aromatic carbocycles. The van der Waals surface area contributed by atoms with Gasteiger partial charge in [-0.15, -0.1) is 11.8 Å². The molecular weight excluding hydrogens is 487 g/mol. The SMILES string of the molecule is CSc1cccc(NC(=O)N2CCC(C(=O)C(=Nc3ccc(F)c(Br)c3)NO)CC2)c1. The van der Waals surface area contributed by atoms with Gasteiger partial charge in [-0.25, -0.2) is 19.7 Å². The van der Waals surface area contributed by atoms with Crippen molar-refractivity contribution in [2.45, 2.75) is 17.7 Å². The van der Waals surface area contributed by atoms with Gasteiger partial charge in [0.25, 0.3) is 0 Å². The molecule has 1 aliphatic rings. The number of hydrogen-bond acceptors (Lipinski definition) is 5. The number of halogens is 2. The lowest BCUT2D eigenvalue weighted by atomic mass is 9.92. The average molecular weight is 509 g/mol. The molecule has 3 N–H and O–H groups in total. The van der Waals surface area contributed by atoms with Crippen LogP contribution in [0, 0.1) is 11.7 Å². The number of amides is 2.